The van der Waals surface area contributed by atoms with Crippen molar-refractivity contribution in [3.05, 3.63) is 23.2 Å². The molecule has 0 radical (unpaired) electrons. The van der Waals surface area contributed by atoms with Crippen molar-refractivity contribution >= 4 is 17.2 Å². The normalized spacial score (nSPS) is 25.5. The quantitative estimate of drug-likeness (QED) is 0.871. The molecule has 2 saturated heterocycles. The smallest absolute Gasteiger partial charge is 0.403 e. The number of fused-ring (bicyclic) bond motifs is 2. The summed E-state index contributed by atoms with van der Waals surface area (Å²) in [7, 11) is 1.49. The Kier molecular flexibility index (Phi) is 3.70. The van der Waals surface area contributed by atoms with E-state index in [-0.39, 0.29) is 24.0 Å². The molecular formula is C15H17N3O4S. The van der Waals surface area contributed by atoms with Gasteiger partial charge in [-0.1, -0.05) is 11.3 Å². The summed E-state index contributed by atoms with van der Waals surface area (Å²) < 4.78 is 15.6. The van der Waals surface area contributed by atoms with Gasteiger partial charge in [-0.05, 0) is 31.4 Å². The van der Waals surface area contributed by atoms with Crippen molar-refractivity contribution in [2.24, 2.45) is 0 Å². The van der Waals surface area contributed by atoms with Gasteiger partial charge in [-0.2, -0.15) is 4.98 Å². The highest BCUT2D eigenvalue weighted by Crippen LogP contribution is 2.32. The molecule has 1 amide bonds. The molecule has 4 rings (SSSR count). The highest BCUT2D eigenvalue weighted by Gasteiger charge is 2.39. The fraction of sp³-hybridized carbons (Fsp3) is 0.467. The molecule has 23 heavy (non-hydrogen) atoms. The number of carbonyl (C=O) groups excluding carboxylic acids is 1. The third kappa shape index (κ3) is 2.91. The largest absolute Gasteiger partial charge is 0.467 e. The Balaban J connectivity index is 1.38. The SMILES string of the molecule is COc1cnc(Oc2ccc(C(=O)N[C@@H]3C[C@H]4CC[C@@H]3N4)s2)o1. The molecule has 0 unspecified atom stereocenters. The van der Waals surface area contributed by atoms with E-state index in [2.05, 4.69) is 15.6 Å². The molecule has 8 heteroatoms. The van der Waals surface area contributed by atoms with E-state index in [1.165, 1.54) is 31.1 Å². The first-order valence-electron chi connectivity index (χ1n) is 7.55. The summed E-state index contributed by atoms with van der Waals surface area (Å²) >= 11 is 1.26. The fourth-order valence-electron chi connectivity index (χ4n) is 3.19. The topological polar surface area (TPSA) is 85.6 Å². The predicted octanol–water partition coefficient (Wildman–Crippen LogP) is 2.16. The van der Waals surface area contributed by atoms with E-state index in [4.69, 9.17) is 13.9 Å². The molecule has 2 bridgehead atoms. The van der Waals surface area contributed by atoms with Crippen LogP contribution in [-0.4, -0.2) is 36.1 Å². The Morgan fingerprint density at radius 2 is 2.39 bits per heavy atom. The van der Waals surface area contributed by atoms with Gasteiger partial charge in [0.25, 0.3) is 5.91 Å². The number of amides is 1. The maximum absolute atomic E-state index is 12.4. The number of hydrogen-bond donors (Lipinski definition) is 2. The molecule has 3 atom stereocenters. The minimum atomic E-state index is -0.0609. The Morgan fingerprint density at radius 1 is 1.48 bits per heavy atom. The summed E-state index contributed by atoms with van der Waals surface area (Å²) in [5, 5.41) is 7.17. The molecule has 2 fully saturated rings. The van der Waals surface area contributed by atoms with Gasteiger partial charge in [0.2, 0.25) is 0 Å². The van der Waals surface area contributed by atoms with E-state index >= 15 is 0 Å². The molecule has 2 aliphatic heterocycles. The van der Waals surface area contributed by atoms with Gasteiger partial charge in [0.15, 0.2) is 5.06 Å². The first kappa shape index (κ1) is 14.5. The molecule has 2 aliphatic rings. The number of carbonyl (C=O) groups is 1. The molecule has 4 heterocycles. The van der Waals surface area contributed by atoms with Crippen molar-refractivity contribution in [1.82, 2.24) is 15.6 Å². The summed E-state index contributed by atoms with van der Waals surface area (Å²) in [6.07, 6.45) is 4.89. The van der Waals surface area contributed by atoms with Crippen LogP contribution in [0.4, 0.5) is 0 Å². The van der Waals surface area contributed by atoms with Gasteiger partial charge in [-0.25, -0.2) is 0 Å². The van der Waals surface area contributed by atoms with E-state index in [1.807, 2.05) is 0 Å². The third-order valence-electron chi connectivity index (χ3n) is 4.27. The van der Waals surface area contributed by atoms with E-state index in [1.54, 1.807) is 12.1 Å². The second-order valence-electron chi connectivity index (χ2n) is 5.73. The van der Waals surface area contributed by atoms with Crippen LogP contribution in [0, 0.1) is 0 Å². The maximum atomic E-state index is 12.4. The number of aromatic nitrogens is 1. The Bertz CT molecular complexity index is 713. The minimum absolute atomic E-state index is 0.0609. The van der Waals surface area contributed by atoms with Gasteiger partial charge in [-0.15, -0.1) is 0 Å². The van der Waals surface area contributed by atoms with E-state index in [0.29, 0.717) is 22.0 Å². The van der Waals surface area contributed by atoms with Crippen LogP contribution in [0.2, 0.25) is 0 Å². The van der Waals surface area contributed by atoms with Crippen molar-refractivity contribution < 1.29 is 18.7 Å². The summed E-state index contributed by atoms with van der Waals surface area (Å²) in [4.78, 5) is 16.9. The Hall–Kier alpha value is -2.06. The van der Waals surface area contributed by atoms with Crippen molar-refractivity contribution in [3.8, 4) is 17.1 Å². The molecule has 0 aromatic carbocycles. The minimum Gasteiger partial charge on any atom is -0.467 e. The standard InChI is InChI=1S/C15H17N3O4S/c1-20-12-7-16-15(21-12)22-13-5-4-11(23-13)14(19)18-10-6-8-2-3-9(10)17-8/h4-5,7-10,17H,2-3,6H2,1H3,(H,18,19)/t8-,9+,10-/m1/s1. The molecule has 2 N–H and O–H groups in total. The van der Waals surface area contributed by atoms with Gasteiger partial charge >= 0.3 is 12.0 Å². The zero-order valence-electron chi connectivity index (χ0n) is 12.6. The fourth-order valence-corrected chi connectivity index (χ4v) is 3.95. The van der Waals surface area contributed by atoms with Crippen LogP contribution >= 0.6 is 11.3 Å². The number of methoxy groups -OCH3 is 1. The van der Waals surface area contributed by atoms with Crippen LogP contribution in [0.15, 0.2) is 22.7 Å². The lowest BCUT2D eigenvalue weighted by Crippen LogP contribution is -2.42. The van der Waals surface area contributed by atoms with E-state index < -0.39 is 0 Å². The second kappa shape index (κ2) is 5.86. The molecule has 2 aromatic heterocycles. The number of nitrogens with one attached hydrogen (secondary N) is 2. The van der Waals surface area contributed by atoms with Crippen molar-refractivity contribution in [2.45, 2.75) is 37.4 Å². The monoisotopic (exact) mass is 335 g/mol. The van der Waals surface area contributed by atoms with Gasteiger partial charge in [0.1, 0.15) is 6.20 Å². The number of hydrogen-bond acceptors (Lipinski definition) is 7. The van der Waals surface area contributed by atoms with Crippen LogP contribution in [0.1, 0.15) is 28.9 Å². The molecule has 0 saturated carbocycles. The van der Waals surface area contributed by atoms with E-state index in [9.17, 15) is 4.79 Å². The van der Waals surface area contributed by atoms with Gasteiger partial charge in [-0.3, -0.25) is 4.79 Å². The predicted molar refractivity (Wildman–Crippen MR) is 83.3 cm³/mol. The van der Waals surface area contributed by atoms with Crippen LogP contribution in [-0.2, 0) is 0 Å². The molecule has 2 aromatic rings. The molecule has 122 valence electrons. The lowest BCUT2D eigenvalue weighted by atomic mass is 9.95. The second-order valence-corrected chi connectivity index (χ2v) is 6.78. The first-order valence-corrected chi connectivity index (χ1v) is 8.37. The number of rotatable bonds is 5. The molecule has 7 nitrogen and oxygen atoms in total. The summed E-state index contributed by atoms with van der Waals surface area (Å²) in [6, 6.07) is 4.68. The number of ether oxygens (including phenoxy) is 2. The average Bonchev–Trinajstić information content (AvgIpc) is 3.32. The summed E-state index contributed by atoms with van der Waals surface area (Å²) in [5.41, 5.74) is 0. The Morgan fingerprint density at radius 3 is 3.09 bits per heavy atom. The van der Waals surface area contributed by atoms with Gasteiger partial charge in [0.05, 0.1) is 12.0 Å². The molecule has 0 aliphatic carbocycles. The number of oxazole rings is 1. The molecule has 0 spiro atoms. The maximum Gasteiger partial charge on any atom is 0.403 e. The lowest BCUT2D eigenvalue weighted by Gasteiger charge is -2.20. The van der Waals surface area contributed by atoms with Crippen molar-refractivity contribution in [2.75, 3.05) is 7.11 Å². The highest BCUT2D eigenvalue weighted by molar-refractivity contribution is 7.15. The Labute approximate surface area is 137 Å². The number of nitrogens with zero attached hydrogens (tertiary/aromatic N) is 1. The van der Waals surface area contributed by atoms with Gasteiger partial charge in [0, 0.05) is 18.1 Å². The zero-order chi connectivity index (χ0) is 15.8. The third-order valence-corrected chi connectivity index (χ3v) is 5.24. The van der Waals surface area contributed by atoms with E-state index in [0.717, 1.165) is 12.8 Å². The van der Waals surface area contributed by atoms with Crippen molar-refractivity contribution in [3.63, 3.8) is 0 Å². The van der Waals surface area contributed by atoms with Crippen LogP contribution < -0.4 is 20.1 Å². The van der Waals surface area contributed by atoms with Crippen LogP contribution in [0.3, 0.4) is 0 Å². The first-order chi connectivity index (χ1) is 11.2. The van der Waals surface area contributed by atoms with Crippen LogP contribution in [0.5, 0.6) is 17.1 Å². The van der Waals surface area contributed by atoms with Crippen molar-refractivity contribution in [1.29, 1.82) is 0 Å². The lowest BCUT2D eigenvalue weighted by molar-refractivity contribution is 0.0935. The highest BCUT2D eigenvalue weighted by atomic mass is 32.1. The van der Waals surface area contributed by atoms with Crippen LogP contribution in [0.25, 0.3) is 0 Å². The average molecular weight is 335 g/mol. The summed E-state index contributed by atoms with van der Waals surface area (Å²) in [5.74, 6) is 0.215. The van der Waals surface area contributed by atoms with Gasteiger partial charge < -0.3 is 24.5 Å². The zero-order valence-corrected chi connectivity index (χ0v) is 13.4. The summed E-state index contributed by atoms with van der Waals surface area (Å²) in [6.45, 7) is 0. The molecular weight excluding hydrogens is 318 g/mol. The number of thiophene rings is 1.